The molecule has 0 bridgehead atoms. The molecule has 4 aliphatic rings. The Morgan fingerprint density at radius 3 is 2.45 bits per heavy atom. The van der Waals surface area contributed by atoms with Gasteiger partial charge >= 0.3 is 0 Å². The number of nitrogens with one attached hydrogen (secondary N) is 1. The molecule has 2 aliphatic heterocycles. The molecule has 4 fully saturated rings. The molecule has 110 valence electrons. The van der Waals surface area contributed by atoms with Crippen LogP contribution in [0.5, 0.6) is 0 Å². The first-order valence-electron chi connectivity index (χ1n) is 7.92. The maximum Gasteiger partial charge on any atom is 0.246 e. The van der Waals surface area contributed by atoms with E-state index in [0.717, 1.165) is 45.3 Å². The van der Waals surface area contributed by atoms with Gasteiger partial charge in [0.25, 0.3) is 0 Å². The lowest BCUT2D eigenvalue weighted by Crippen LogP contribution is -2.65. The van der Waals surface area contributed by atoms with Gasteiger partial charge in [0, 0.05) is 19.1 Å². The van der Waals surface area contributed by atoms with Crippen LogP contribution in [0.1, 0.15) is 32.1 Å². The molecule has 5 nitrogen and oxygen atoms in total. The van der Waals surface area contributed by atoms with E-state index in [2.05, 4.69) is 5.32 Å². The number of ether oxygens (including phenoxy) is 1. The molecule has 2 saturated carbocycles. The fourth-order valence-corrected chi connectivity index (χ4v) is 3.60. The van der Waals surface area contributed by atoms with Crippen LogP contribution in [-0.2, 0) is 14.3 Å². The molecule has 0 aromatic carbocycles. The molecular formula is C15H22N2O3. The summed E-state index contributed by atoms with van der Waals surface area (Å²) in [6, 6.07) is -0.460. The van der Waals surface area contributed by atoms with Gasteiger partial charge in [-0.1, -0.05) is 0 Å². The van der Waals surface area contributed by atoms with Crippen molar-refractivity contribution in [1.82, 2.24) is 10.2 Å². The summed E-state index contributed by atoms with van der Waals surface area (Å²) < 4.78 is 5.42. The number of carbonyl (C=O) groups is 2. The first-order valence-corrected chi connectivity index (χ1v) is 7.92. The molecule has 2 amide bonds. The molecule has 1 N–H and O–H groups in total. The molecule has 0 spiro atoms. The third-order valence-electron chi connectivity index (χ3n) is 5.09. The van der Waals surface area contributed by atoms with Crippen LogP contribution in [0.3, 0.4) is 0 Å². The molecule has 4 rings (SSSR count). The van der Waals surface area contributed by atoms with Gasteiger partial charge in [-0.2, -0.15) is 0 Å². The summed E-state index contributed by atoms with van der Waals surface area (Å²) in [5.74, 6) is 1.43. The van der Waals surface area contributed by atoms with Crippen molar-refractivity contribution in [1.29, 1.82) is 0 Å². The maximum absolute atomic E-state index is 12.8. The summed E-state index contributed by atoms with van der Waals surface area (Å²) in [4.78, 5) is 27.1. The van der Waals surface area contributed by atoms with Crippen LogP contribution in [-0.4, -0.2) is 48.6 Å². The van der Waals surface area contributed by atoms with Crippen LogP contribution in [0.4, 0.5) is 0 Å². The van der Waals surface area contributed by atoms with E-state index >= 15 is 0 Å². The second-order valence-corrected chi connectivity index (χ2v) is 6.83. The average molecular weight is 278 g/mol. The third-order valence-corrected chi connectivity index (χ3v) is 5.09. The van der Waals surface area contributed by atoms with Crippen LogP contribution >= 0.6 is 0 Å². The largest absolute Gasteiger partial charge is 0.381 e. The van der Waals surface area contributed by atoms with Crippen molar-refractivity contribution in [2.45, 2.75) is 44.2 Å². The van der Waals surface area contributed by atoms with E-state index in [1.54, 1.807) is 0 Å². The molecule has 2 heterocycles. The smallest absolute Gasteiger partial charge is 0.246 e. The van der Waals surface area contributed by atoms with Crippen molar-refractivity contribution in [3.63, 3.8) is 0 Å². The van der Waals surface area contributed by atoms with Gasteiger partial charge in [-0.3, -0.25) is 9.59 Å². The molecule has 0 aromatic heterocycles. The van der Waals surface area contributed by atoms with Gasteiger partial charge in [-0.05, 0) is 43.9 Å². The van der Waals surface area contributed by atoms with Gasteiger partial charge in [0.1, 0.15) is 12.1 Å². The molecule has 3 unspecified atom stereocenters. The maximum atomic E-state index is 12.8. The number of carbonyl (C=O) groups excluding carboxylic acids is 2. The number of hydrogen-bond acceptors (Lipinski definition) is 3. The number of hydrogen-bond donors (Lipinski definition) is 1. The van der Waals surface area contributed by atoms with Crippen LogP contribution < -0.4 is 5.32 Å². The predicted molar refractivity (Wildman–Crippen MR) is 71.8 cm³/mol. The first-order chi connectivity index (χ1) is 9.74. The van der Waals surface area contributed by atoms with Crippen molar-refractivity contribution in [2.24, 2.45) is 17.8 Å². The van der Waals surface area contributed by atoms with Crippen LogP contribution in [0.15, 0.2) is 0 Å². The van der Waals surface area contributed by atoms with Gasteiger partial charge < -0.3 is 15.0 Å². The molecule has 2 saturated heterocycles. The Bertz CT molecular complexity index is 425. The number of piperazine rings is 1. The van der Waals surface area contributed by atoms with Gasteiger partial charge in [-0.15, -0.1) is 0 Å². The van der Waals surface area contributed by atoms with E-state index in [1.165, 1.54) is 0 Å². The molecular weight excluding hydrogens is 256 g/mol. The Morgan fingerprint density at radius 2 is 1.85 bits per heavy atom. The fourth-order valence-electron chi connectivity index (χ4n) is 3.60. The van der Waals surface area contributed by atoms with Crippen LogP contribution in [0.25, 0.3) is 0 Å². The lowest BCUT2D eigenvalue weighted by atomic mass is 9.98. The molecule has 3 atom stereocenters. The van der Waals surface area contributed by atoms with Crippen molar-refractivity contribution < 1.29 is 14.3 Å². The van der Waals surface area contributed by atoms with Crippen molar-refractivity contribution in [3.8, 4) is 0 Å². The minimum absolute atomic E-state index is 0.0860. The first kappa shape index (κ1) is 12.6. The van der Waals surface area contributed by atoms with Crippen LogP contribution in [0, 0.1) is 17.8 Å². The van der Waals surface area contributed by atoms with E-state index in [0.29, 0.717) is 24.3 Å². The van der Waals surface area contributed by atoms with E-state index in [4.69, 9.17) is 4.74 Å². The van der Waals surface area contributed by atoms with Gasteiger partial charge in [0.05, 0.1) is 6.61 Å². The lowest BCUT2D eigenvalue weighted by molar-refractivity contribution is -0.151. The molecule has 0 aromatic rings. The Kier molecular flexibility index (Phi) is 2.98. The summed E-state index contributed by atoms with van der Waals surface area (Å²) in [5, 5.41) is 2.99. The zero-order chi connectivity index (χ0) is 13.7. The quantitative estimate of drug-likeness (QED) is 0.816. The number of nitrogens with zero attached hydrogens (tertiary/aromatic N) is 1. The monoisotopic (exact) mass is 278 g/mol. The molecule has 20 heavy (non-hydrogen) atoms. The highest BCUT2D eigenvalue weighted by molar-refractivity contribution is 5.97. The Hall–Kier alpha value is -1.10. The van der Waals surface area contributed by atoms with E-state index < -0.39 is 0 Å². The van der Waals surface area contributed by atoms with Crippen molar-refractivity contribution in [3.05, 3.63) is 0 Å². The fraction of sp³-hybridized carbons (Fsp3) is 0.867. The van der Waals surface area contributed by atoms with Gasteiger partial charge in [0.2, 0.25) is 11.8 Å². The third kappa shape index (κ3) is 2.22. The standard InChI is InChI=1S/C15H22N2O3/c18-14-13(11-3-4-11)17(7-9-5-6-20-8-9)15(19)12(16-14)10-1-2-10/h9-13H,1-8H2,(H,16,18). The highest BCUT2D eigenvalue weighted by atomic mass is 16.5. The second-order valence-electron chi connectivity index (χ2n) is 6.83. The highest BCUT2D eigenvalue weighted by Crippen LogP contribution is 2.41. The zero-order valence-electron chi connectivity index (χ0n) is 11.7. The Balaban J connectivity index is 1.54. The molecule has 2 aliphatic carbocycles. The number of rotatable bonds is 4. The normalized spacial score (nSPS) is 38.2. The molecule has 0 radical (unpaired) electrons. The summed E-state index contributed by atoms with van der Waals surface area (Å²) in [7, 11) is 0. The van der Waals surface area contributed by atoms with Gasteiger partial charge in [-0.25, -0.2) is 0 Å². The summed E-state index contributed by atoms with van der Waals surface area (Å²) in [6.45, 7) is 2.23. The van der Waals surface area contributed by atoms with Crippen molar-refractivity contribution >= 4 is 11.8 Å². The second kappa shape index (κ2) is 4.72. The molecule has 5 heteroatoms. The van der Waals surface area contributed by atoms with Crippen molar-refractivity contribution in [2.75, 3.05) is 19.8 Å². The summed E-state index contributed by atoms with van der Waals surface area (Å²) in [6.07, 6.45) is 5.32. The topological polar surface area (TPSA) is 58.6 Å². The van der Waals surface area contributed by atoms with E-state index in [1.807, 2.05) is 4.90 Å². The Labute approximate surface area is 119 Å². The minimum atomic E-state index is -0.250. The van der Waals surface area contributed by atoms with Gasteiger partial charge in [0.15, 0.2) is 0 Å². The highest BCUT2D eigenvalue weighted by Gasteiger charge is 2.51. The number of amides is 2. The Morgan fingerprint density at radius 1 is 1.10 bits per heavy atom. The summed E-state index contributed by atoms with van der Waals surface area (Å²) >= 11 is 0. The van der Waals surface area contributed by atoms with E-state index in [-0.39, 0.29) is 23.9 Å². The summed E-state index contributed by atoms with van der Waals surface area (Å²) in [5.41, 5.74) is 0. The zero-order valence-corrected chi connectivity index (χ0v) is 11.7. The SMILES string of the molecule is O=C1NC(C2CC2)C(=O)N(CC2CCOC2)C1C1CC1. The van der Waals surface area contributed by atoms with Crippen LogP contribution in [0.2, 0.25) is 0 Å². The predicted octanol–water partition coefficient (Wildman–Crippen LogP) is 0.538. The minimum Gasteiger partial charge on any atom is -0.381 e. The lowest BCUT2D eigenvalue weighted by Gasteiger charge is -2.40. The van der Waals surface area contributed by atoms with E-state index in [9.17, 15) is 9.59 Å². The average Bonchev–Trinajstić information content (AvgIpc) is 3.34.